The van der Waals surface area contributed by atoms with Gasteiger partial charge in [0.05, 0.1) is 5.69 Å². The SMILES string of the molecule is Cc1cc[c-]c(-c2cccc(C(C)(C)c3ccn(-c4[c-]ccc(C(F)(F)F)c4)n3)n2)n1.[Pt+2]. The molecule has 32 heavy (non-hydrogen) atoms. The fraction of sp³-hybridized carbons (Fsp3) is 0.208. The summed E-state index contributed by atoms with van der Waals surface area (Å²) in [5.74, 6) is 0. The minimum Gasteiger partial charge on any atom is -0.314 e. The van der Waals surface area contributed by atoms with Crippen molar-refractivity contribution in [3.05, 3.63) is 95.6 Å². The average Bonchev–Trinajstić information content (AvgIpc) is 3.25. The number of aromatic nitrogens is 4. The molecule has 0 aliphatic carbocycles. The number of aryl methyl sites for hydroxylation is 1. The zero-order valence-electron chi connectivity index (χ0n) is 17.5. The van der Waals surface area contributed by atoms with Gasteiger partial charge in [0, 0.05) is 17.3 Å². The first-order chi connectivity index (χ1) is 14.6. The Morgan fingerprint density at radius 1 is 0.906 bits per heavy atom. The van der Waals surface area contributed by atoms with E-state index >= 15 is 0 Å². The van der Waals surface area contributed by atoms with Gasteiger partial charge in [0.2, 0.25) is 0 Å². The largest absolute Gasteiger partial charge is 2.00 e. The molecule has 166 valence electrons. The molecule has 0 amide bonds. The maximum absolute atomic E-state index is 13.0. The van der Waals surface area contributed by atoms with Crippen LogP contribution in [0.5, 0.6) is 0 Å². The van der Waals surface area contributed by atoms with Crippen molar-refractivity contribution in [2.45, 2.75) is 32.4 Å². The van der Waals surface area contributed by atoms with Gasteiger partial charge >= 0.3 is 27.2 Å². The first-order valence-corrected chi connectivity index (χ1v) is 9.63. The summed E-state index contributed by atoms with van der Waals surface area (Å²) < 4.78 is 40.5. The molecular weight excluding hydrogens is 596 g/mol. The predicted octanol–water partition coefficient (Wildman–Crippen LogP) is 5.58. The van der Waals surface area contributed by atoms with Gasteiger partial charge in [0.25, 0.3) is 0 Å². The fourth-order valence-electron chi connectivity index (χ4n) is 3.22. The van der Waals surface area contributed by atoms with Crippen molar-refractivity contribution in [2.24, 2.45) is 0 Å². The van der Waals surface area contributed by atoms with Gasteiger partial charge in [-0.25, -0.2) is 0 Å². The van der Waals surface area contributed by atoms with E-state index in [0.29, 0.717) is 17.1 Å². The summed E-state index contributed by atoms with van der Waals surface area (Å²) in [4.78, 5) is 9.24. The Bertz CT molecular complexity index is 1230. The molecule has 0 spiro atoms. The van der Waals surface area contributed by atoms with Gasteiger partial charge < -0.3 is 4.98 Å². The molecule has 3 heterocycles. The molecule has 4 nitrogen and oxygen atoms in total. The van der Waals surface area contributed by atoms with Crippen LogP contribution in [0.4, 0.5) is 13.2 Å². The van der Waals surface area contributed by atoms with Gasteiger partial charge in [-0.15, -0.1) is 12.1 Å². The molecule has 0 aliphatic heterocycles. The Balaban J connectivity index is 0.00000289. The predicted molar refractivity (Wildman–Crippen MR) is 111 cm³/mol. The third kappa shape index (κ3) is 4.83. The summed E-state index contributed by atoms with van der Waals surface area (Å²) in [5, 5.41) is 4.52. The summed E-state index contributed by atoms with van der Waals surface area (Å²) in [5.41, 5.74) is 2.54. The van der Waals surface area contributed by atoms with E-state index in [9.17, 15) is 13.2 Å². The Hall–Kier alpha value is -2.79. The first-order valence-electron chi connectivity index (χ1n) is 9.63. The second-order valence-electron chi connectivity index (χ2n) is 7.72. The van der Waals surface area contributed by atoms with Crippen molar-refractivity contribution in [2.75, 3.05) is 0 Å². The van der Waals surface area contributed by atoms with Crippen molar-refractivity contribution >= 4 is 0 Å². The summed E-state index contributed by atoms with van der Waals surface area (Å²) >= 11 is 0. The minimum atomic E-state index is -4.43. The summed E-state index contributed by atoms with van der Waals surface area (Å²) in [6.45, 7) is 5.84. The van der Waals surface area contributed by atoms with Gasteiger partial charge in [0.1, 0.15) is 0 Å². The topological polar surface area (TPSA) is 43.6 Å². The van der Waals surface area contributed by atoms with Crippen LogP contribution in [0.2, 0.25) is 0 Å². The van der Waals surface area contributed by atoms with Crippen LogP contribution in [0, 0.1) is 19.1 Å². The fourth-order valence-corrected chi connectivity index (χ4v) is 3.22. The molecular formula is C24H19F3N4Pt. The first kappa shape index (κ1) is 23.9. The van der Waals surface area contributed by atoms with E-state index in [0.717, 1.165) is 23.5 Å². The van der Waals surface area contributed by atoms with E-state index in [2.05, 4.69) is 22.2 Å². The molecule has 3 aromatic heterocycles. The van der Waals surface area contributed by atoms with Gasteiger partial charge in [-0.1, -0.05) is 17.7 Å². The van der Waals surface area contributed by atoms with E-state index in [1.165, 1.54) is 10.7 Å². The van der Waals surface area contributed by atoms with Gasteiger partial charge in [0.15, 0.2) is 0 Å². The number of nitrogens with zero attached hydrogens (tertiary/aromatic N) is 4. The maximum atomic E-state index is 13.0. The number of halogens is 3. The van der Waals surface area contributed by atoms with E-state index in [1.54, 1.807) is 12.3 Å². The molecule has 0 saturated carbocycles. The van der Waals surface area contributed by atoms with E-state index in [4.69, 9.17) is 4.98 Å². The minimum absolute atomic E-state index is 0. The Kier molecular flexibility index (Phi) is 6.70. The molecule has 0 atom stereocenters. The summed E-state index contributed by atoms with van der Waals surface area (Å²) in [6.07, 6.45) is -2.80. The summed E-state index contributed by atoms with van der Waals surface area (Å²) in [7, 11) is 0. The van der Waals surface area contributed by atoms with Crippen LogP contribution >= 0.6 is 0 Å². The Labute approximate surface area is 198 Å². The normalized spacial score (nSPS) is 11.8. The van der Waals surface area contributed by atoms with Gasteiger partial charge in [-0.05, 0) is 55.7 Å². The molecule has 1 aromatic carbocycles. The molecule has 0 fully saturated rings. The van der Waals surface area contributed by atoms with E-state index < -0.39 is 17.2 Å². The molecule has 8 heteroatoms. The monoisotopic (exact) mass is 615 g/mol. The average molecular weight is 616 g/mol. The number of rotatable bonds is 4. The molecule has 0 aliphatic rings. The van der Waals surface area contributed by atoms with Crippen LogP contribution in [0.15, 0.2) is 60.8 Å². The molecule has 0 N–H and O–H groups in total. The quantitative estimate of drug-likeness (QED) is 0.282. The number of alkyl halides is 3. The van der Waals surface area contributed by atoms with Crippen LogP contribution in [-0.2, 0) is 32.7 Å². The molecule has 4 rings (SSSR count). The molecule has 4 aromatic rings. The zero-order valence-corrected chi connectivity index (χ0v) is 19.8. The number of hydrogen-bond donors (Lipinski definition) is 0. The van der Waals surface area contributed by atoms with Crippen molar-refractivity contribution in [3.63, 3.8) is 0 Å². The van der Waals surface area contributed by atoms with Crippen molar-refractivity contribution in [3.8, 4) is 17.1 Å². The zero-order chi connectivity index (χ0) is 22.2. The van der Waals surface area contributed by atoms with Crippen LogP contribution in [0.25, 0.3) is 17.1 Å². The smallest absolute Gasteiger partial charge is 0.314 e. The van der Waals surface area contributed by atoms with E-state index in [-0.39, 0.29) is 26.8 Å². The van der Waals surface area contributed by atoms with E-state index in [1.807, 2.05) is 51.1 Å². The van der Waals surface area contributed by atoms with Crippen molar-refractivity contribution in [1.29, 1.82) is 0 Å². The third-order valence-corrected chi connectivity index (χ3v) is 5.05. The van der Waals surface area contributed by atoms with Gasteiger partial charge in [-0.2, -0.15) is 48.6 Å². The summed E-state index contributed by atoms with van der Waals surface area (Å²) in [6, 6.07) is 20.3. The van der Waals surface area contributed by atoms with Crippen LogP contribution < -0.4 is 0 Å². The maximum Gasteiger partial charge on any atom is 2.00 e. The standard InChI is InChI=1S/C24H19F3N4.Pt/c1-16-7-4-10-19(28-16)20-11-6-12-21(29-20)23(2,3)22-13-14-31(30-22)18-9-5-8-17(15-18)24(25,26)27;/h4-8,11-15H,1-3H3;/q-2;+2. The number of pyridine rings is 2. The molecule has 0 radical (unpaired) electrons. The molecule has 0 unspecified atom stereocenters. The second kappa shape index (κ2) is 8.99. The number of benzene rings is 1. The Morgan fingerprint density at radius 2 is 1.66 bits per heavy atom. The third-order valence-electron chi connectivity index (χ3n) is 5.05. The second-order valence-corrected chi connectivity index (χ2v) is 7.72. The number of hydrogen-bond acceptors (Lipinski definition) is 3. The van der Waals surface area contributed by atoms with Crippen molar-refractivity contribution < 1.29 is 34.2 Å². The molecule has 0 saturated heterocycles. The van der Waals surface area contributed by atoms with Crippen molar-refractivity contribution in [1.82, 2.24) is 19.7 Å². The van der Waals surface area contributed by atoms with Crippen LogP contribution in [0.3, 0.4) is 0 Å². The van der Waals surface area contributed by atoms with Gasteiger partial charge in [-0.3, -0.25) is 9.67 Å². The molecule has 0 bridgehead atoms. The van der Waals surface area contributed by atoms with Crippen LogP contribution in [0.1, 0.15) is 36.5 Å². The van der Waals surface area contributed by atoms with Crippen LogP contribution in [-0.4, -0.2) is 19.7 Å². The Morgan fingerprint density at radius 3 is 2.38 bits per heavy atom.